The molecule has 0 aliphatic carbocycles. The van der Waals surface area contributed by atoms with Crippen molar-refractivity contribution in [3.63, 3.8) is 0 Å². The molecule has 4 rings (SSSR count). The summed E-state index contributed by atoms with van der Waals surface area (Å²) >= 11 is 5.95. The van der Waals surface area contributed by atoms with Crippen LogP contribution in [0.3, 0.4) is 0 Å². The number of carbonyl (C=O) groups excluding carboxylic acids is 2. The molecule has 2 atom stereocenters. The Morgan fingerprint density at radius 2 is 1.77 bits per heavy atom. The lowest BCUT2D eigenvalue weighted by Gasteiger charge is -2.29. The van der Waals surface area contributed by atoms with E-state index in [2.05, 4.69) is 5.32 Å². The summed E-state index contributed by atoms with van der Waals surface area (Å²) in [7, 11) is -4.00. The summed E-state index contributed by atoms with van der Waals surface area (Å²) in [4.78, 5) is 27.5. The molecule has 2 aromatic carbocycles. The molecule has 188 valence electrons. The van der Waals surface area contributed by atoms with Gasteiger partial charge in [0.2, 0.25) is 15.9 Å². The fourth-order valence-corrected chi connectivity index (χ4v) is 6.43. The van der Waals surface area contributed by atoms with Crippen molar-refractivity contribution in [2.75, 3.05) is 19.7 Å². The number of amides is 2. The lowest BCUT2D eigenvalue weighted by atomic mass is 10.1. The van der Waals surface area contributed by atoms with Gasteiger partial charge in [-0.1, -0.05) is 23.7 Å². The van der Waals surface area contributed by atoms with Crippen LogP contribution < -0.4 is 5.32 Å². The third-order valence-electron chi connectivity index (χ3n) is 6.66. The molecule has 2 heterocycles. The highest BCUT2D eigenvalue weighted by atomic mass is 35.5. The summed E-state index contributed by atoms with van der Waals surface area (Å²) in [5.74, 6) is -0.460. The number of nitrogens with one attached hydrogen (secondary N) is 1. The van der Waals surface area contributed by atoms with Crippen molar-refractivity contribution in [3.05, 3.63) is 64.7 Å². The van der Waals surface area contributed by atoms with E-state index in [0.717, 1.165) is 25.7 Å². The van der Waals surface area contributed by atoms with Crippen LogP contribution in [0.15, 0.2) is 53.4 Å². The maximum Gasteiger partial charge on any atom is 0.254 e. The van der Waals surface area contributed by atoms with Crippen molar-refractivity contribution in [3.8, 4) is 0 Å². The van der Waals surface area contributed by atoms with E-state index in [9.17, 15) is 23.1 Å². The van der Waals surface area contributed by atoms with Crippen LogP contribution in [0.25, 0.3) is 0 Å². The van der Waals surface area contributed by atoms with Crippen LogP contribution in [-0.4, -0.2) is 66.3 Å². The molecular weight excluding hydrogens is 490 g/mol. The zero-order valence-corrected chi connectivity index (χ0v) is 21.0. The fraction of sp³-hybridized carbons (Fsp3) is 0.440. The van der Waals surface area contributed by atoms with Crippen LogP contribution >= 0.6 is 11.6 Å². The van der Waals surface area contributed by atoms with Crippen molar-refractivity contribution < 1.29 is 23.1 Å². The summed E-state index contributed by atoms with van der Waals surface area (Å²) in [6, 6.07) is 11.7. The van der Waals surface area contributed by atoms with Gasteiger partial charge in [-0.25, -0.2) is 8.42 Å². The van der Waals surface area contributed by atoms with E-state index in [1.807, 2.05) is 0 Å². The van der Waals surface area contributed by atoms with Gasteiger partial charge in [-0.05, 0) is 74.1 Å². The lowest BCUT2D eigenvalue weighted by Crippen LogP contribution is -2.48. The van der Waals surface area contributed by atoms with Gasteiger partial charge in [-0.2, -0.15) is 4.31 Å². The van der Waals surface area contributed by atoms with Gasteiger partial charge in [0.1, 0.15) is 6.04 Å². The molecule has 0 aromatic heterocycles. The van der Waals surface area contributed by atoms with E-state index in [4.69, 9.17) is 11.6 Å². The Morgan fingerprint density at radius 3 is 2.46 bits per heavy atom. The maximum atomic E-state index is 13.6. The smallest absolute Gasteiger partial charge is 0.254 e. The minimum absolute atomic E-state index is 0.0134. The minimum atomic E-state index is -4.00. The van der Waals surface area contributed by atoms with Crippen molar-refractivity contribution in [2.24, 2.45) is 0 Å². The first-order valence-corrected chi connectivity index (χ1v) is 13.7. The molecule has 10 heteroatoms. The Kier molecular flexibility index (Phi) is 8.11. The number of aliphatic hydroxyl groups is 1. The number of rotatable bonds is 7. The zero-order valence-electron chi connectivity index (χ0n) is 19.4. The predicted octanol–water partition coefficient (Wildman–Crippen LogP) is 2.80. The van der Waals surface area contributed by atoms with Gasteiger partial charge < -0.3 is 15.3 Å². The highest BCUT2D eigenvalue weighted by molar-refractivity contribution is 7.89. The number of likely N-dealkylation sites (tertiary alicyclic amines) is 1. The Bertz CT molecular complexity index is 1150. The average molecular weight is 520 g/mol. The summed E-state index contributed by atoms with van der Waals surface area (Å²) in [5.41, 5.74) is 1.14. The third-order valence-corrected chi connectivity index (χ3v) is 8.78. The second-order valence-electron chi connectivity index (χ2n) is 8.98. The molecule has 2 N–H and O–H groups in total. The Morgan fingerprint density at radius 1 is 1.06 bits per heavy atom. The molecule has 2 aliphatic rings. The van der Waals surface area contributed by atoms with E-state index < -0.39 is 16.1 Å². The lowest BCUT2D eigenvalue weighted by molar-refractivity contribution is -0.124. The quantitative estimate of drug-likeness (QED) is 0.585. The van der Waals surface area contributed by atoms with Crippen molar-refractivity contribution in [1.82, 2.24) is 14.5 Å². The van der Waals surface area contributed by atoms with Crippen LogP contribution in [0.1, 0.15) is 48.0 Å². The molecule has 8 nitrogen and oxygen atoms in total. The van der Waals surface area contributed by atoms with E-state index in [0.29, 0.717) is 35.7 Å². The molecule has 2 aromatic rings. The molecular formula is C25H30ClN3O5S. The first-order chi connectivity index (χ1) is 16.8. The van der Waals surface area contributed by atoms with E-state index >= 15 is 0 Å². The van der Waals surface area contributed by atoms with Gasteiger partial charge in [0, 0.05) is 30.2 Å². The monoisotopic (exact) mass is 519 g/mol. The maximum absolute atomic E-state index is 13.6. The van der Waals surface area contributed by atoms with Crippen LogP contribution in [0.5, 0.6) is 0 Å². The zero-order chi connectivity index (χ0) is 25.0. The summed E-state index contributed by atoms with van der Waals surface area (Å²) in [6.45, 7) is 1.05. The number of nitrogens with zero attached hydrogens (tertiary/aromatic N) is 2. The molecule has 0 radical (unpaired) electrons. The Labute approximate surface area is 210 Å². The third kappa shape index (κ3) is 5.69. The van der Waals surface area contributed by atoms with Gasteiger partial charge in [-0.15, -0.1) is 0 Å². The molecule has 2 aliphatic heterocycles. The standard InChI is InChI=1S/C25H30ClN3O5S/c26-20-10-12-22(13-11-20)35(33,34)29(23-5-1-2-14-27-24(23)31)16-18-6-8-19(9-7-18)25(32)28-15-3-4-21(28)17-30/h6-13,21,23,30H,1-5,14-17H2,(H,27,31)/t21-,23+/m0/s1. The highest BCUT2D eigenvalue weighted by Crippen LogP contribution is 2.26. The van der Waals surface area contributed by atoms with Crippen molar-refractivity contribution in [2.45, 2.75) is 55.6 Å². The van der Waals surface area contributed by atoms with Gasteiger partial charge in [-0.3, -0.25) is 9.59 Å². The van der Waals surface area contributed by atoms with E-state index in [-0.39, 0.29) is 35.9 Å². The number of aliphatic hydroxyl groups excluding tert-OH is 1. The summed E-state index contributed by atoms with van der Waals surface area (Å²) < 4.78 is 28.5. The van der Waals surface area contributed by atoms with Crippen LogP contribution in [0.2, 0.25) is 5.02 Å². The predicted molar refractivity (Wildman–Crippen MR) is 132 cm³/mol. The fourth-order valence-electron chi connectivity index (χ4n) is 4.69. The second kappa shape index (κ2) is 11.1. The molecule has 0 saturated carbocycles. The SMILES string of the molecule is O=C1NCCCC[C@H]1N(Cc1ccc(C(=O)N2CCC[C@H]2CO)cc1)S(=O)(=O)c1ccc(Cl)cc1. The summed E-state index contributed by atoms with van der Waals surface area (Å²) in [6.07, 6.45) is 3.58. The molecule has 2 saturated heterocycles. The normalized spacial score (nSPS) is 21.1. The molecule has 0 unspecified atom stereocenters. The molecule has 35 heavy (non-hydrogen) atoms. The Hall–Kier alpha value is -2.46. The van der Waals surface area contributed by atoms with Crippen LogP contribution in [0, 0.1) is 0 Å². The van der Waals surface area contributed by atoms with Gasteiger partial charge in [0.25, 0.3) is 5.91 Å². The van der Waals surface area contributed by atoms with Gasteiger partial charge in [0.05, 0.1) is 17.5 Å². The molecule has 2 amide bonds. The van der Waals surface area contributed by atoms with Gasteiger partial charge >= 0.3 is 0 Å². The first kappa shape index (κ1) is 25.6. The first-order valence-electron chi connectivity index (χ1n) is 11.9. The topological polar surface area (TPSA) is 107 Å². The molecule has 2 fully saturated rings. The number of carbonyl (C=O) groups is 2. The number of hydrogen-bond donors (Lipinski definition) is 2. The molecule has 0 bridgehead atoms. The van der Waals surface area contributed by atoms with Gasteiger partial charge in [0.15, 0.2) is 0 Å². The van der Waals surface area contributed by atoms with Crippen molar-refractivity contribution in [1.29, 1.82) is 0 Å². The largest absolute Gasteiger partial charge is 0.394 e. The number of benzene rings is 2. The van der Waals surface area contributed by atoms with E-state index in [1.165, 1.54) is 28.6 Å². The number of halogens is 1. The highest BCUT2D eigenvalue weighted by Gasteiger charge is 2.36. The number of hydrogen-bond acceptors (Lipinski definition) is 5. The number of sulfonamides is 1. The van der Waals surface area contributed by atoms with E-state index in [1.54, 1.807) is 29.2 Å². The molecule has 0 spiro atoms. The average Bonchev–Trinajstić information content (AvgIpc) is 3.24. The van der Waals surface area contributed by atoms with Crippen LogP contribution in [-0.2, 0) is 21.4 Å². The summed E-state index contributed by atoms with van der Waals surface area (Å²) in [5, 5.41) is 12.8. The Balaban J connectivity index is 1.61. The second-order valence-corrected chi connectivity index (χ2v) is 11.3. The minimum Gasteiger partial charge on any atom is -0.394 e. The van der Waals surface area contributed by atoms with Crippen LogP contribution in [0.4, 0.5) is 0 Å². The van der Waals surface area contributed by atoms with Crippen molar-refractivity contribution >= 4 is 33.4 Å².